The molecule has 0 spiro atoms. The number of piperazine rings is 1. The molecule has 2 rings (SSSR count). The molecule has 7 heteroatoms. The van der Waals surface area contributed by atoms with Crippen LogP contribution in [0.3, 0.4) is 0 Å². The average Bonchev–Trinajstić information content (AvgIpc) is 2.50. The van der Waals surface area contributed by atoms with Crippen LogP contribution < -0.4 is 0 Å². The Morgan fingerprint density at radius 1 is 1.13 bits per heavy atom. The standard InChI is InChI=1S/C16H24N2O3S2/c1-13-4-5-15(12-14(13)2)22-11-6-16(19)17-7-9-18(10-8-17)23(3,20)21/h4-5,12H,6-11H2,1-3H3. The molecule has 128 valence electrons. The van der Waals surface area contributed by atoms with Gasteiger partial charge in [0.2, 0.25) is 15.9 Å². The fourth-order valence-corrected chi connectivity index (χ4v) is 4.25. The molecule has 0 N–H and O–H groups in total. The predicted octanol–water partition coefficient (Wildman–Crippen LogP) is 1.89. The molecule has 1 aromatic rings. The molecule has 0 bridgehead atoms. The van der Waals surface area contributed by atoms with Gasteiger partial charge in [0.15, 0.2) is 0 Å². The second-order valence-electron chi connectivity index (χ2n) is 5.89. The zero-order valence-corrected chi connectivity index (χ0v) is 15.5. The molecule has 1 saturated heterocycles. The summed E-state index contributed by atoms with van der Waals surface area (Å²) >= 11 is 1.69. The lowest BCUT2D eigenvalue weighted by Crippen LogP contribution is -2.50. The van der Waals surface area contributed by atoms with Crippen molar-refractivity contribution in [1.29, 1.82) is 0 Å². The van der Waals surface area contributed by atoms with E-state index < -0.39 is 10.0 Å². The Morgan fingerprint density at radius 2 is 1.78 bits per heavy atom. The first-order valence-corrected chi connectivity index (χ1v) is 10.5. The van der Waals surface area contributed by atoms with Gasteiger partial charge >= 0.3 is 0 Å². The van der Waals surface area contributed by atoms with Crippen molar-refractivity contribution in [2.24, 2.45) is 0 Å². The SMILES string of the molecule is Cc1ccc(SCCC(=O)N2CCN(S(C)(=O)=O)CC2)cc1C. The van der Waals surface area contributed by atoms with E-state index in [4.69, 9.17) is 0 Å². The molecule has 0 radical (unpaired) electrons. The van der Waals surface area contributed by atoms with Gasteiger partial charge in [-0.3, -0.25) is 4.79 Å². The van der Waals surface area contributed by atoms with Crippen molar-refractivity contribution in [2.45, 2.75) is 25.2 Å². The third-order valence-corrected chi connectivity index (χ3v) is 6.42. The highest BCUT2D eigenvalue weighted by molar-refractivity contribution is 7.99. The summed E-state index contributed by atoms with van der Waals surface area (Å²) in [6, 6.07) is 6.33. The molecule has 1 aliphatic rings. The zero-order chi connectivity index (χ0) is 17.0. The number of hydrogen-bond donors (Lipinski definition) is 0. The van der Waals surface area contributed by atoms with Gasteiger partial charge < -0.3 is 4.90 Å². The molecule has 0 aliphatic carbocycles. The Bertz CT molecular complexity index is 666. The number of benzene rings is 1. The van der Waals surface area contributed by atoms with Crippen LogP contribution in [-0.2, 0) is 14.8 Å². The summed E-state index contributed by atoms with van der Waals surface area (Å²) in [5, 5.41) is 0. The molecular weight excluding hydrogens is 332 g/mol. The van der Waals surface area contributed by atoms with Gasteiger partial charge in [0.05, 0.1) is 6.26 Å². The van der Waals surface area contributed by atoms with Crippen LogP contribution in [0, 0.1) is 13.8 Å². The Hall–Kier alpha value is -1.05. The highest BCUT2D eigenvalue weighted by atomic mass is 32.2. The van der Waals surface area contributed by atoms with E-state index in [0.717, 1.165) is 5.75 Å². The van der Waals surface area contributed by atoms with E-state index in [9.17, 15) is 13.2 Å². The molecule has 23 heavy (non-hydrogen) atoms. The number of rotatable bonds is 5. The number of hydrogen-bond acceptors (Lipinski definition) is 4. The van der Waals surface area contributed by atoms with Gasteiger partial charge in [0.1, 0.15) is 0 Å². The quantitative estimate of drug-likeness (QED) is 0.756. The van der Waals surface area contributed by atoms with Crippen molar-refractivity contribution < 1.29 is 13.2 Å². The highest BCUT2D eigenvalue weighted by Crippen LogP contribution is 2.22. The first-order valence-electron chi connectivity index (χ1n) is 7.70. The van der Waals surface area contributed by atoms with Gasteiger partial charge in [0, 0.05) is 43.2 Å². The third kappa shape index (κ3) is 5.22. The fourth-order valence-electron chi connectivity index (χ4n) is 2.49. The molecule has 0 aromatic heterocycles. The average molecular weight is 357 g/mol. The maximum atomic E-state index is 12.2. The van der Waals surface area contributed by atoms with Crippen LogP contribution in [0.1, 0.15) is 17.5 Å². The molecule has 1 aromatic carbocycles. The van der Waals surface area contributed by atoms with Crippen molar-refractivity contribution in [3.8, 4) is 0 Å². The fraction of sp³-hybridized carbons (Fsp3) is 0.562. The van der Waals surface area contributed by atoms with Crippen molar-refractivity contribution in [1.82, 2.24) is 9.21 Å². The molecule has 5 nitrogen and oxygen atoms in total. The maximum Gasteiger partial charge on any atom is 0.223 e. The summed E-state index contributed by atoms with van der Waals surface area (Å²) in [5.41, 5.74) is 2.53. The minimum Gasteiger partial charge on any atom is -0.340 e. The number of carbonyl (C=O) groups is 1. The molecule has 1 aliphatic heterocycles. The second-order valence-corrected chi connectivity index (χ2v) is 9.04. The molecule has 1 amide bonds. The van der Waals surface area contributed by atoms with E-state index in [0.29, 0.717) is 32.6 Å². The minimum absolute atomic E-state index is 0.106. The topological polar surface area (TPSA) is 57.7 Å². The molecule has 0 saturated carbocycles. The summed E-state index contributed by atoms with van der Waals surface area (Å²) in [6.45, 7) is 5.94. The minimum atomic E-state index is -3.14. The van der Waals surface area contributed by atoms with Crippen molar-refractivity contribution in [2.75, 3.05) is 38.2 Å². The van der Waals surface area contributed by atoms with Gasteiger partial charge in [-0.1, -0.05) is 6.07 Å². The van der Waals surface area contributed by atoms with E-state index in [1.165, 1.54) is 26.6 Å². The van der Waals surface area contributed by atoms with Gasteiger partial charge in [-0.25, -0.2) is 8.42 Å². The van der Waals surface area contributed by atoms with E-state index in [1.54, 1.807) is 16.7 Å². The molecule has 1 fully saturated rings. The van der Waals surface area contributed by atoms with Gasteiger partial charge in [0.25, 0.3) is 0 Å². The number of amides is 1. The molecular formula is C16H24N2O3S2. The lowest BCUT2D eigenvalue weighted by Gasteiger charge is -2.33. The normalized spacial score (nSPS) is 16.6. The van der Waals surface area contributed by atoms with E-state index >= 15 is 0 Å². The second kappa shape index (κ2) is 7.68. The van der Waals surface area contributed by atoms with Crippen molar-refractivity contribution in [3.63, 3.8) is 0 Å². The third-order valence-electron chi connectivity index (χ3n) is 4.12. The van der Waals surface area contributed by atoms with Gasteiger partial charge in [-0.15, -0.1) is 11.8 Å². The van der Waals surface area contributed by atoms with E-state index in [-0.39, 0.29) is 5.91 Å². The Labute approximate surface area is 143 Å². The van der Waals surface area contributed by atoms with Crippen LogP contribution in [0.15, 0.2) is 23.1 Å². The number of nitrogens with zero attached hydrogens (tertiary/aromatic N) is 2. The number of aryl methyl sites for hydroxylation is 2. The largest absolute Gasteiger partial charge is 0.340 e. The van der Waals surface area contributed by atoms with Crippen molar-refractivity contribution >= 4 is 27.7 Å². The summed E-state index contributed by atoms with van der Waals surface area (Å²) in [5.74, 6) is 0.850. The first-order chi connectivity index (χ1) is 10.8. The summed E-state index contributed by atoms with van der Waals surface area (Å²) in [6.07, 6.45) is 1.70. The van der Waals surface area contributed by atoms with Gasteiger partial charge in [-0.2, -0.15) is 4.31 Å². The lowest BCUT2D eigenvalue weighted by atomic mass is 10.1. The number of sulfonamides is 1. The van der Waals surface area contributed by atoms with Crippen LogP contribution in [0.4, 0.5) is 0 Å². The van der Waals surface area contributed by atoms with Crippen LogP contribution >= 0.6 is 11.8 Å². The predicted molar refractivity (Wildman–Crippen MR) is 94.3 cm³/mol. The Morgan fingerprint density at radius 3 is 2.35 bits per heavy atom. The summed E-state index contributed by atoms with van der Waals surface area (Å²) in [4.78, 5) is 15.2. The maximum absolute atomic E-state index is 12.2. The summed E-state index contributed by atoms with van der Waals surface area (Å²) in [7, 11) is -3.14. The molecule has 0 unspecified atom stereocenters. The van der Waals surface area contributed by atoms with Crippen molar-refractivity contribution in [3.05, 3.63) is 29.3 Å². The van der Waals surface area contributed by atoms with Crippen LogP contribution in [-0.4, -0.2) is 61.7 Å². The van der Waals surface area contributed by atoms with Crippen LogP contribution in [0.5, 0.6) is 0 Å². The van der Waals surface area contributed by atoms with Crippen LogP contribution in [0.25, 0.3) is 0 Å². The Balaban J connectivity index is 1.76. The number of carbonyl (C=O) groups excluding carboxylic acids is 1. The first kappa shape index (κ1) is 18.3. The smallest absolute Gasteiger partial charge is 0.223 e. The molecule has 0 atom stereocenters. The van der Waals surface area contributed by atoms with Crippen LogP contribution in [0.2, 0.25) is 0 Å². The van der Waals surface area contributed by atoms with E-state index in [1.807, 2.05) is 0 Å². The van der Waals surface area contributed by atoms with Gasteiger partial charge in [-0.05, 0) is 37.1 Å². The Kier molecular flexibility index (Phi) is 6.11. The number of thioether (sulfide) groups is 1. The highest BCUT2D eigenvalue weighted by Gasteiger charge is 2.25. The zero-order valence-electron chi connectivity index (χ0n) is 13.9. The monoisotopic (exact) mass is 356 g/mol. The lowest BCUT2D eigenvalue weighted by molar-refractivity contribution is -0.131. The van der Waals surface area contributed by atoms with E-state index in [2.05, 4.69) is 32.0 Å². The molecule has 1 heterocycles. The summed E-state index contributed by atoms with van der Waals surface area (Å²) < 4.78 is 24.4.